The minimum atomic E-state index is -0.126. The number of carbonyl (C=O) groups is 1. The Kier molecular flexibility index (Phi) is 3.46. The van der Waals surface area contributed by atoms with Crippen LogP contribution in [0.4, 0.5) is 5.69 Å². The van der Waals surface area contributed by atoms with Gasteiger partial charge < -0.3 is 5.32 Å². The topological polar surface area (TPSA) is 46.9 Å². The van der Waals surface area contributed by atoms with E-state index in [4.69, 9.17) is 0 Å². The molecule has 0 fully saturated rings. The van der Waals surface area contributed by atoms with E-state index in [1.165, 1.54) is 0 Å². The van der Waals surface area contributed by atoms with Gasteiger partial charge in [-0.15, -0.1) is 0 Å². The summed E-state index contributed by atoms with van der Waals surface area (Å²) in [6, 6.07) is 7.75. The van der Waals surface area contributed by atoms with E-state index in [0.29, 0.717) is 5.69 Å². The maximum absolute atomic E-state index is 12.1. The molecule has 0 bridgehead atoms. The Hall–Kier alpha value is -2.10. The molecule has 0 spiro atoms. The second kappa shape index (κ2) is 5.04. The lowest BCUT2D eigenvalue weighted by Crippen LogP contribution is -2.17. The summed E-state index contributed by atoms with van der Waals surface area (Å²) in [7, 11) is 1.76. The molecule has 4 heteroatoms. The molecule has 0 aliphatic carbocycles. The standard InChI is InChI=1S/C14H17N3O/c1-4-11-7-5-6-10(2)13(11)16-14(18)12-8-9-15-17(12)3/h5-9H,4H2,1-3H3,(H,16,18). The van der Waals surface area contributed by atoms with E-state index in [1.54, 1.807) is 24.0 Å². The van der Waals surface area contributed by atoms with Gasteiger partial charge in [-0.2, -0.15) is 5.10 Å². The van der Waals surface area contributed by atoms with E-state index in [-0.39, 0.29) is 5.91 Å². The van der Waals surface area contributed by atoms with E-state index in [2.05, 4.69) is 17.3 Å². The first-order valence-corrected chi connectivity index (χ1v) is 6.01. The van der Waals surface area contributed by atoms with Crippen LogP contribution in [0.25, 0.3) is 0 Å². The third-order valence-corrected chi connectivity index (χ3v) is 3.03. The number of para-hydroxylation sites is 1. The largest absolute Gasteiger partial charge is 0.320 e. The normalized spacial score (nSPS) is 10.4. The predicted octanol–water partition coefficient (Wildman–Crippen LogP) is 2.54. The van der Waals surface area contributed by atoms with Gasteiger partial charge in [0.2, 0.25) is 0 Å². The molecule has 0 aliphatic rings. The average molecular weight is 243 g/mol. The molecule has 2 rings (SSSR count). The second-order valence-electron chi connectivity index (χ2n) is 4.26. The smallest absolute Gasteiger partial charge is 0.273 e. The number of amides is 1. The fraction of sp³-hybridized carbons (Fsp3) is 0.286. The van der Waals surface area contributed by atoms with Crippen molar-refractivity contribution < 1.29 is 4.79 Å². The molecule has 1 aromatic heterocycles. The fourth-order valence-electron chi connectivity index (χ4n) is 1.98. The van der Waals surface area contributed by atoms with Gasteiger partial charge in [-0.3, -0.25) is 9.48 Å². The number of anilines is 1. The highest BCUT2D eigenvalue weighted by atomic mass is 16.2. The van der Waals surface area contributed by atoms with E-state index in [1.807, 2.05) is 25.1 Å². The van der Waals surface area contributed by atoms with Gasteiger partial charge in [0.15, 0.2) is 0 Å². The van der Waals surface area contributed by atoms with E-state index < -0.39 is 0 Å². The molecule has 94 valence electrons. The Balaban J connectivity index is 2.30. The molecule has 0 aliphatic heterocycles. The zero-order valence-corrected chi connectivity index (χ0v) is 10.9. The third-order valence-electron chi connectivity index (χ3n) is 3.03. The molecule has 1 amide bonds. The molecule has 1 aromatic carbocycles. The summed E-state index contributed by atoms with van der Waals surface area (Å²) in [5.74, 6) is -0.126. The van der Waals surface area contributed by atoms with E-state index in [0.717, 1.165) is 23.2 Å². The van der Waals surface area contributed by atoms with Crippen molar-refractivity contribution in [3.05, 3.63) is 47.3 Å². The van der Waals surface area contributed by atoms with Crippen LogP contribution in [0.15, 0.2) is 30.5 Å². The Labute approximate surface area is 107 Å². The Morgan fingerprint density at radius 3 is 2.78 bits per heavy atom. The number of nitrogens with one attached hydrogen (secondary N) is 1. The van der Waals surface area contributed by atoms with Crippen LogP contribution in [0.2, 0.25) is 0 Å². The predicted molar refractivity (Wildman–Crippen MR) is 71.7 cm³/mol. The number of hydrogen-bond acceptors (Lipinski definition) is 2. The molecule has 18 heavy (non-hydrogen) atoms. The molecule has 0 atom stereocenters. The van der Waals surface area contributed by atoms with Crippen LogP contribution in [0.5, 0.6) is 0 Å². The molecule has 0 saturated heterocycles. The minimum Gasteiger partial charge on any atom is -0.320 e. The van der Waals surface area contributed by atoms with Crippen molar-refractivity contribution in [2.75, 3.05) is 5.32 Å². The molecular formula is C14H17N3O. The first kappa shape index (κ1) is 12.4. The molecule has 4 nitrogen and oxygen atoms in total. The van der Waals surface area contributed by atoms with Gasteiger partial charge in [0.1, 0.15) is 5.69 Å². The number of aromatic nitrogens is 2. The first-order chi connectivity index (χ1) is 8.63. The first-order valence-electron chi connectivity index (χ1n) is 6.01. The lowest BCUT2D eigenvalue weighted by molar-refractivity contribution is 0.101. The quantitative estimate of drug-likeness (QED) is 0.900. The second-order valence-corrected chi connectivity index (χ2v) is 4.26. The van der Waals surface area contributed by atoms with Crippen molar-refractivity contribution in [3.63, 3.8) is 0 Å². The number of benzene rings is 1. The molecule has 2 aromatic rings. The molecule has 0 saturated carbocycles. The van der Waals surface area contributed by atoms with Gasteiger partial charge in [-0.1, -0.05) is 25.1 Å². The molecule has 0 radical (unpaired) electrons. The number of aryl methyl sites for hydroxylation is 3. The van der Waals surface area contributed by atoms with Crippen molar-refractivity contribution in [1.29, 1.82) is 0 Å². The molecule has 1 N–H and O–H groups in total. The van der Waals surface area contributed by atoms with Crippen LogP contribution >= 0.6 is 0 Å². The van der Waals surface area contributed by atoms with Crippen molar-refractivity contribution in [1.82, 2.24) is 9.78 Å². The van der Waals surface area contributed by atoms with Crippen LogP contribution in [0.1, 0.15) is 28.5 Å². The van der Waals surface area contributed by atoms with E-state index in [9.17, 15) is 4.79 Å². The number of hydrogen-bond donors (Lipinski definition) is 1. The third kappa shape index (κ3) is 2.27. The lowest BCUT2D eigenvalue weighted by Gasteiger charge is -2.12. The van der Waals surface area contributed by atoms with Crippen molar-refractivity contribution in [2.45, 2.75) is 20.3 Å². The molecule has 0 unspecified atom stereocenters. The van der Waals surface area contributed by atoms with Crippen LogP contribution < -0.4 is 5.32 Å². The van der Waals surface area contributed by atoms with Crippen LogP contribution in [0.3, 0.4) is 0 Å². The van der Waals surface area contributed by atoms with Crippen molar-refractivity contribution >= 4 is 11.6 Å². The Morgan fingerprint density at radius 2 is 2.17 bits per heavy atom. The molecular weight excluding hydrogens is 226 g/mol. The van der Waals surface area contributed by atoms with E-state index >= 15 is 0 Å². The number of rotatable bonds is 3. The monoisotopic (exact) mass is 243 g/mol. The van der Waals surface area contributed by atoms with Crippen LogP contribution in [-0.2, 0) is 13.5 Å². The maximum atomic E-state index is 12.1. The Bertz CT molecular complexity index is 572. The Morgan fingerprint density at radius 1 is 1.39 bits per heavy atom. The lowest BCUT2D eigenvalue weighted by atomic mass is 10.1. The van der Waals surface area contributed by atoms with Crippen molar-refractivity contribution in [3.8, 4) is 0 Å². The average Bonchev–Trinajstić information content (AvgIpc) is 2.78. The van der Waals surface area contributed by atoms with Crippen LogP contribution in [-0.4, -0.2) is 15.7 Å². The summed E-state index contributed by atoms with van der Waals surface area (Å²) in [6.07, 6.45) is 2.51. The van der Waals surface area contributed by atoms with Crippen molar-refractivity contribution in [2.24, 2.45) is 7.05 Å². The highest BCUT2D eigenvalue weighted by Gasteiger charge is 2.13. The van der Waals surface area contributed by atoms with Crippen LogP contribution in [0, 0.1) is 6.92 Å². The number of carbonyl (C=O) groups excluding carboxylic acids is 1. The number of nitrogens with zero attached hydrogens (tertiary/aromatic N) is 2. The SMILES string of the molecule is CCc1cccc(C)c1NC(=O)c1ccnn1C. The summed E-state index contributed by atoms with van der Waals surface area (Å²) in [5, 5.41) is 6.97. The summed E-state index contributed by atoms with van der Waals surface area (Å²) in [4.78, 5) is 12.1. The zero-order valence-electron chi connectivity index (χ0n) is 10.9. The minimum absolute atomic E-state index is 0.126. The van der Waals surface area contributed by atoms with Gasteiger partial charge >= 0.3 is 0 Å². The highest BCUT2D eigenvalue weighted by molar-refractivity contribution is 6.03. The fourth-order valence-corrected chi connectivity index (χ4v) is 1.98. The molecule has 1 heterocycles. The van der Waals surface area contributed by atoms with Gasteiger partial charge in [0.05, 0.1) is 0 Å². The van der Waals surface area contributed by atoms with Gasteiger partial charge in [-0.25, -0.2) is 0 Å². The van der Waals surface area contributed by atoms with Gasteiger partial charge in [-0.05, 0) is 30.5 Å². The summed E-state index contributed by atoms with van der Waals surface area (Å²) in [6.45, 7) is 4.08. The highest BCUT2D eigenvalue weighted by Crippen LogP contribution is 2.21. The van der Waals surface area contributed by atoms with Gasteiger partial charge in [0, 0.05) is 18.9 Å². The maximum Gasteiger partial charge on any atom is 0.273 e. The summed E-state index contributed by atoms with van der Waals surface area (Å²) < 4.78 is 1.57. The zero-order chi connectivity index (χ0) is 13.1. The summed E-state index contributed by atoms with van der Waals surface area (Å²) >= 11 is 0. The van der Waals surface area contributed by atoms with Gasteiger partial charge in [0.25, 0.3) is 5.91 Å². The summed E-state index contributed by atoms with van der Waals surface area (Å²) in [5.41, 5.74) is 3.68.